The maximum atomic E-state index is 12.5. The topological polar surface area (TPSA) is 64.0 Å². The van der Waals surface area contributed by atoms with E-state index in [1.54, 1.807) is 26.1 Å². The number of halogens is 1. The number of carbonyl (C=O) groups is 1. The number of benzene rings is 1. The van der Waals surface area contributed by atoms with Crippen LogP contribution in [0.15, 0.2) is 29.3 Å². The minimum atomic E-state index is -0.271. The van der Waals surface area contributed by atoms with Crippen LogP contribution in [0.3, 0.4) is 0 Å². The van der Waals surface area contributed by atoms with E-state index in [2.05, 4.69) is 10.3 Å². The summed E-state index contributed by atoms with van der Waals surface area (Å²) in [6, 6.07) is 5.33. The lowest BCUT2D eigenvalue weighted by Gasteiger charge is -2.06. The fourth-order valence-corrected chi connectivity index (χ4v) is 3.50. The van der Waals surface area contributed by atoms with Gasteiger partial charge in [-0.3, -0.25) is 9.59 Å². The van der Waals surface area contributed by atoms with Crippen LogP contribution in [0.2, 0.25) is 5.02 Å². The van der Waals surface area contributed by atoms with E-state index in [4.69, 9.17) is 11.6 Å². The first kappa shape index (κ1) is 15.7. The molecule has 3 rings (SSSR count). The smallest absolute Gasteiger partial charge is 0.266 e. The molecule has 0 radical (unpaired) electrons. The van der Waals surface area contributed by atoms with Crippen LogP contribution in [-0.4, -0.2) is 15.5 Å². The molecule has 0 atom stereocenters. The van der Waals surface area contributed by atoms with E-state index in [1.165, 1.54) is 22.2 Å². The first-order chi connectivity index (χ1) is 10.9. The average molecular weight is 348 g/mol. The third-order valence-electron chi connectivity index (χ3n) is 3.65. The van der Waals surface area contributed by atoms with Crippen LogP contribution in [0.1, 0.15) is 20.8 Å². The molecule has 1 amide bonds. The summed E-state index contributed by atoms with van der Waals surface area (Å²) in [5.41, 5.74) is 2.05. The summed E-state index contributed by atoms with van der Waals surface area (Å²) in [4.78, 5) is 30.0. The van der Waals surface area contributed by atoms with Gasteiger partial charge in [-0.25, -0.2) is 4.98 Å². The van der Waals surface area contributed by atoms with Crippen molar-refractivity contribution in [3.05, 3.63) is 55.9 Å². The van der Waals surface area contributed by atoms with Gasteiger partial charge in [0.05, 0.1) is 16.6 Å². The number of amides is 1. The van der Waals surface area contributed by atoms with Gasteiger partial charge in [0.15, 0.2) is 0 Å². The predicted octanol–water partition coefficient (Wildman–Crippen LogP) is 3.52. The van der Waals surface area contributed by atoms with E-state index >= 15 is 0 Å². The van der Waals surface area contributed by atoms with Crippen LogP contribution < -0.4 is 10.9 Å². The highest BCUT2D eigenvalue weighted by Crippen LogP contribution is 2.28. The molecule has 3 aromatic rings. The second kappa shape index (κ2) is 5.79. The number of thiophene rings is 1. The zero-order valence-corrected chi connectivity index (χ0v) is 14.4. The number of fused-ring (bicyclic) bond motifs is 1. The quantitative estimate of drug-likeness (QED) is 0.771. The Labute approximate surface area is 141 Å². The van der Waals surface area contributed by atoms with E-state index in [1.807, 2.05) is 13.0 Å². The van der Waals surface area contributed by atoms with Crippen molar-refractivity contribution in [3.8, 4) is 0 Å². The minimum Gasteiger partial charge on any atom is -0.321 e. The molecule has 0 aliphatic heterocycles. The van der Waals surface area contributed by atoms with Crippen molar-refractivity contribution in [1.29, 1.82) is 0 Å². The van der Waals surface area contributed by atoms with Gasteiger partial charge in [-0.15, -0.1) is 11.3 Å². The fraction of sp³-hybridized carbons (Fsp3) is 0.188. The third kappa shape index (κ3) is 2.75. The first-order valence-corrected chi connectivity index (χ1v) is 8.10. The maximum absolute atomic E-state index is 12.5. The summed E-state index contributed by atoms with van der Waals surface area (Å²) in [5, 5.41) is 3.89. The number of carbonyl (C=O) groups excluding carboxylic acids is 1. The molecule has 0 aliphatic carbocycles. The van der Waals surface area contributed by atoms with Crippen molar-refractivity contribution in [2.75, 3.05) is 5.32 Å². The Morgan fingerprint density at radius 1 is 1.35 bits per heavy atom. The number of aromatic nitrogens is 2. The van der Waals surface area contributed by atoms with Crippen molar-refractivity contribution in [3.63, 3.8) is 0 Å². The van der Waals surface area contributed by atoms with Crippen LogP contribution in [0.4, 0.5) is 5.69 Å². The van der Waals surface area contributed by atoms with Crippen molar-refractivity contribution < 1.29 is 4.79 Å². The summed E-state index contributed by atoms with van der Waals surface area (Å²) in [5.74, 6) is -0.271. The van der Waals surface area contributed by atoms with Gasteiger partial charge in [0.2, 0.25) is 0 Å². The molecule has 5 nitrogen and oxygen atoms in total. The molecule has 2 aromatic heterocycles. The lowest BCUT2D eigenvalue weighted by molar-refractivity contribution is 0.103. The normalized spacial score (nSPS) is 11.0. The standard InChI is InChI=1S/C16H14ClN3O2S/c1-8-4-5-10(6-11(8)17)19-14(21)13-9(2)12-15(23-13)18-7-20(3)16(12)22/h4-7H,1-3H3,(H,19,21). The average Bonchev–Trinajstić information content (AvgIpc) is 2.84. The SMILES string of the molecule is Cc1ccc(NC(=O)c2sc3ncn(C)c(=O)c3c2C)cc1Cl. The summed E-state index contributed by atoms with van der Waals surface area (Å²) >= 11 is 7.29. The number of anilines is 1. The van der Waals surface area contributed by atoms with E-state index in [-0.39, 0.29) is 11.5 Å². The second-order valence-electron chi connectivity index (χ2n) is 5.32. The third-order valence-corrected chi connectivity index (χ3v) is 5.25. The van der Waals surface area contributed by atoms with E-state index in [0.717, 1.165) is 5.56 Å². The van der Waals surface area contributed by atoms with Crippen molar-refractivity contribution in [2.24, 2.45) is 7.05 Å². The van der Waals surface area contributed by atoms with Crippen LogP contribution >= 0.6 is 22.9 Å². The lowest BCUT2D eigenvalue weighted by Crippen LogP contribution is -2.17. The highest BCUT2D eigenvalue weighted by Gasteiger charge is 2.19. The van der Waals surface area contributed by atoms with Crippen LogP contribution in [-0.2, 0) is 7.05 Å². The number of aryl methyl sites for hydroxylation is 3. The first-order valence-electron chi connectivity index (χ1n) is 6.90. The fourth-order valence-electron chi connectivity index (χ4n) is 2.28. The molecular formula is C16H14ClN3O2S. The van der Waals surface area contributed by atoms with Gasteiger partial charge in [0.1, 0.15) is 4.83 Å². The number of hydrogen-bond acceptors (Lipinski definition) is 4. The molecule has 1 aromatic carbocycles. The van der Waals surface area contributed by atoms with Gasteiger partial charge < -0.3 is 9.88 Å². The molecule has 2 heterocycles. The highest BCUT2D eigenvalue weighted by atomic mass is 35.5. The molecule has 0 saturated heterocycles. The zero-order valence-electron chi connectivity index (χ0n) is 12.8. The Hall–Kier alpha value is -2.18. The minimum absolute atomic E-state index is 0.152. The summed E-state index contributed by atoms with van der Waals surface area (Å²) in [6.07, 6.45) is 1.46. The largest absolute Gasteiger partial charge is 0.321 e. The van der Waals surface area contributed by atoms with Gasteiger partial charge in [-0.1, -0.05) is 17.7 Å². The molecule has 0 aliphatic rings. The van der Waals surface area contributed by atoms with Crippen LogP contribution in [0.25, 0.3) is 10.2 Å². The second-order valence-corrected chi connectivity index (χ2v) is 6.72. The van der Waals surface area contributed by atoms with Crippen molar-refractivity contribution in [1.82, 2.24) is 9.55 Å². The number of rotatable bonds is 2. The van der Waals surface area contributed by atoms with Crippen LogP contribution in [0, 0.1) is 13.8 Å². The number of hydrogen-bond donors (Lipinski definition) is 1. The molecule has 23 heavy (non-hydrogen) atoms. The summed E-state index contributed by atoms with van der Waals surface area (Å²) < 4.78 is 1.41. The Morgan fingerprint density at radius 3 is 2.78 bits per heavy atom. The molecule has 0 bridgehead atoms. The summed E-state index contributed by atoms with van der Waals surface area (Å²) in [7, 11) is 1.64. The number of nitrogens with zero attached hydrogens (tertiary/aromatic N) is 2. The van der Waals surface area contributed by atoms with Gasteiger partial charge in [-0.2, -0.15) is 0 Å². The molecule has 0 saturated carbocycles. The molecular weight excluding hydrogens is 334 g/mol. The predicted molar refractivity (Wildman–Crippen MR) is 93.7 cm³/mol. The molecule has 0 unspecified atom stereocenters. The molecule has 0 spiro atoms. The van der Waals surface area contributed by atoms with Gasteiger partial charge in [0.25, 0.3) is 11.5 Å². The Kier molecular flexibility index (Phi) is 3.95. The van der Waals surface area contributed by atoms with Gasteiger partial charge >= 0.3 is 0 Å². The monoisotopic (exact) mass is 347 g/mol. The maximum Gasteiger partial charge on any atom is 0.266 e. The molecule has 0 fully saturated rings. The van der Waals surface area contributed by atoms with E-state index in [9.17, 15) is 9.59 Å². The highest BCUT2D eigenvalue weighted by molar-refractivity contribution is 7.20. The van der Waals surface area contributed by atoms with E-state index < -0.39 is 0 Å². The van der Waals surface area contributed by atoms with Gasteiger partial charge in [-0.05, 0) is 37.1 Å². The summed E-state index contributed by atoms with van der Waals surface area (Å²) in [6.45, 7) is 3.66. The lowest BCUT2D eigenvalue weighted by atomic mass is 10.2. The van der Waals surface area contributed by atoms with E-state index in [0.29, 0.717) is 31.4 Å². The van der Waals surface area contributed by atoms with Crippen molar-refractivity contribution in [2.45, 2.75) is 13.8 Å². The van der Waals surface area contributed by atoms with Crippen molar-refractivity contribution >= 4 is 44.7 Å². The Bertz CT molecular complexity index is 991. The number of nitrogens with one attached hydrogen (secondary N) is 1. The molecule has 1 N–H and O–H groups in total. The zero-order chi connectivity index (χ0) is 16.7. The van der Waals surface area contributed by atoms with Gasteiger partial charge in [0, 0.05) is 17.8 Å². The Morgan fingerprint density at radius 2 is 2.09 bits per heavy atom. The molecule has 118 valence electrons. The van der Waals surface area contributed by atoms with Crippen LogP contribution in [0.5, 0.6) is 0 Å². The molecule has 7 heteroatoms. The Balaban J connectivity index is 2.01.